The molecule has 1 aliphatic carbocycles. The molecule has 0 atom stereocenters. The molecule has 2 saturated heterocycles. The predicted molar refractivity (Wildman–Crippen MR) is 103 cm³/mol. The topological polar surface area (TPSA) is 59.5 Å². The first-order valence-electron chi connectivity index (χ1n) is 10.0. The number of allylic oxidation sites excluding steroid dienone is 1. The van der Waals surface area contributed by atoms with Crippen LogP contribution in [0.4, 0.5) is 11.8 Å². The normalized spacial score (nSPS) is 22.5. The lowest BCUT2D eigenvalue weighted by molar-refractivity contribution is -0.169. The number of nitrogens with one attached hydrogen (secondary N) is 1. The lowest BCUT2D eigenvalue weighted by Crippen LogP contribution is -2.45. The van der Waals surface area contributed by atoms with Crippen molar-refractivity contribution in [1.82, 2.24) is 9.97 Å². The molecule has 2 aliphatic heterocycles. The number of aromatic nitrogens is 2. The summed E-state index contributed by atoms with van der Waals surface area (Å²) in [6.07, 6.45) is 10.5. The Morgan fingerprint density at radius 1 is 1.15 bits per heavy atom. The second-order valence-corrected chi connectivity index (χ2v) is 7.57. The van der Waals surface area contributed by atoms with Crippen molar-refractivity contribution < 1.29 is 9.47 Å². The zero-order valence-corrected chi connectivity index (χ0v) is 15.8. The zero-order chi connectivity index (χ0) is 17.8. The average molecular weight is 358 g/mol. The maximum atomic E-state index is 5.82. The minimum atomic E-state index is -0.340. The van der Waals surface area contributed by atoms with E-state index in [1.807, 2.05) is 6.92 Å². The van der Waals surface area contributed by atoms with Gasteiger partial charge in [0.05, 0.1) is 13.2 Å². The van der Waals surface area contributed by atoms with Gasteiger partial charge in [0.15, 0.2) is 5.79 Å². The van der Waals surface area contributed by atoms with Crippen LogP contribution >= 0.6 is 0 Å². The second-order valence-electron chi connectivity index (χ2n) is 7.57. The van der Waals surface area contributed by atoms with E-state index in [4.69, 9.17) is 14.5 Å². The van der Waals surface area contributed by atoms with Crippen LogP contribution < -0.4 is 10.2 Å². The van der Waals surface area contributed by atoms with E-state index in [0.29, 0.717) is 0 Å². The van der Waals surface area contributed by atoms with E-state index in [0.717, 1.165) is 69.6 Å². The number of ether oxygens (including phenoxy) is 2. The molecular weight excluding hydrogens is 328 g/mol. The van der Waals surface area contributed by atoms with Crippen molar-refractivity contribution >= 4 is 11.8 Å². The number of nitrogens with zero attached hydrogens (tertiary/aromatic N) is 3. The molecule has 6 nitrogen and oxygen atoms in total. The van der Waals surface area contributed by atoms with Gasteiger partial charge < -0.3 is 19.7 Å². The fraction of sp³-hybridized carbons (Fsp3) is 0.700. The van der Waals surface area contributed by atoms with Crippen LogP contribution in [0.2, 0.25) is 0 Å². The van der Waals surface area contributed by atoms with Gasteiger partial charge in [-0.3, -0.25) is 0 Å². The molecule has 6 heteroatoms. The maximum absolute atomic E-state index is 5.82. The van der Waals surface area contributed by atoms with E-state index in [-0.39, 0.29) is 5.79 Å². The highest BCUT2D eigenvalue weighted by molar-refractivity contribution is 5.45. The van der Waals surface area contributed by atoms with Gasteiger partial charge in [0.1, 0.15) is 5.82 Å². The lowest BCUT2D eigenvalue weighted by Gasteiger charge is -2.38. The first-order valence-corrected chi connectivity index (χ1v) is 10.0. The maximum Gasteiger partial charge on any atom is 0.224 e. The van der Waals surface area contributed by atoms with Crippen LogP contribution in [0.5, 0.6) is 0 Å². The highest BCUT2D eigenvalue weighted by Crippen LogP contribution is 2.33. The van der Waals surface area contributed by atoms with Gasteiger partial charge in [-0.25, -0.2) is 4.98 Å². The number of rotatable bonds is 5. The van der Waals surface area contributed by atoms with Crippen LogP contribution in [0.3, 0.4) is 0 Å². The molecule has 0 aromatic carbocycles. The van der Waals surface area contributed by atoms with Gasteiger partial charge in [0, 0.05) is 44.2 Å². The Morgan fingerprint density at radius 2 is 1.96 bits per heavy atom. The largest absolute Gasteiger partial charge is 0.356 e. The van der Waals surface area contributed by atoms with Gasteiger partial charge in [-0.1, -0.05) is 11.6 Å². The Kier molecular flexibility index (Phi) is 5.41. The van der Waals surface area contributed by atoms with Crippen LogP contribution in [0, 0.1) is 6.92 Å². The predicted octanol–water partition coefficient (Wildman–Crippen LogP) is 3.43. The summed E-state index contributed by atoms with van der Waals surface area (Å²) in [5.41, 5.74) is 2.58. The SMILES string of the molecule is Cc1cc(N2CCC3(CC2)OCCO3)nc(NCCC2=CCCCC2)n1. The number of anilines is 2. The molecule has 1 N–H and O–H groups in total. The molecule has 0 amide bonds. The molecule has 0 radical (unpaired) electrons. The van der Waals surface area contributed by atoms with E-state index < -0.39 is 0 Å². The smallest absolute Gasteiger partial charge is 0.224 e. The number of hydrogen-bond acceptors (Lipinski definition) is 6. The third-order valence-corrected chi connectivity index (χ3v) is 5.62. The van der Waals surface area contributed by atoms with E-state index >= 15 is 0 Å². The van der Waals surface area contributed by atoms with E-state index in [1.54, 1.807) is 5.57 Å². The van der Waals surface area contributed by atoms with Crippen LogP contribution in [0.1, 0.15) is 50.6 Å². The quantitative estimate of drug-likeness (QED) is 0.814. The highest BCUT2D eigenvalue weighted by Gasteiger charge is 2.40. The highest BCUT2D eigenvalue weighted by atomic mass is 16.7. The summed E-state index contributed by atoms with van der Waals surface area (Å²) in [5, 5.41) is 3.42. The number of hydrogen-bond donors (Lipinski definition) is 1. The molecule has 1 aromatic heterocycles. The molecule has 3 aliphatic rings. The van der Waals surface area contributed by atoms with E-state index in [1.165, 1.54) is 25.7 Å². The van der Waals surface area contributed by atoms with Crippen molar-refractivity contribution in [3.8, 4) is 0 Å². The third kappa shape index (κ3) is 4.18. The first-order chi connectivity index (χ1) is 12.7. The first kappa shape index (κ1) is 17.7. The second kappa shape index (κ2) is 7.92. The van der Waals surface area contributed by atoms with Gasteiger partial charge in [0.25, 0.3) is 0 Å². The standard InChI is InChI=1S/C20H30N4O2/c1-16-15-18(24-11-8-20(9-12-24)25-13-14-26-20)23-19(22-16)21-10-7-17-5-3-2-4-6-17/h5,15H,2-4,6-14H2,1H3,(H,21,22,23). The molecule has 2 fully saturated rings. The molecule has 0 unspecified atom stereocenters. The van der Waals surface area contributed by atoms with Gasteiger partial charge in [-0.2, -0.15) is 4.98 Å². The van der Waals surface area contributed by atoms with Crippen molar-refractivity contribution in [3.63, 3.8) is 0 Å². The summed E-state index contributed by atoms with van der Waals surface area (Å²) in [7, 11) is 0. The third-order valence-electron chi connectivity index (χ3n) is 5.62. The van der Waals surface area contributed by atoms with Gasteiger partial charge in [-0.15, -0.1) is 0 Å². The molecule has 4 rings (SSSR count). The summed E-state index contributed by atoms with van der Waals surface area (Å²) in [4.78, 5) is 11.6. The minimum Gasteiger partial charge on any atom is -0.356 e. The molecule has 1 aromatic rings. The number of aryl methyl sites for hydroxylation is 1. The zero-order valence-electron chi connectivity index (χ0n) is 15.8. The monoisotopic (exact) mass is 358 g/mol. The molecule has 3 heterocycles. The Labute approximate surface area is 156 Å². The van der Waals surface area contributed by atoms with Crippen molar-refractivity contribution in [1.29, 1.82) is 0 Å². The summed E-state index contributed by atoms with van der Waals surface area (Å²) in [6.45, 7) is 6.19. The fourth-order valence-corrected chi connectivity index (χ4v) is 4.12. The summed E-state index contributed by atoms with van der Waals surface area (Å²) in [6, 6.07) is 2.07. The average Bonchev–Trinajstić information content (AvgIpc) is 3.11. The van der Waals surface area contributed by atoms with E-state index in [9.17, 15) is 0 Å². The Balaban J connectivity index is 1.34. The molecular formula is C20H30N4O2. The van der Waals surface area contributed by atoms with Gasteiger partial charge >= 0.3 is 0 Å². The van der Waals surface area contributed by atoms with Crippen LogP contribution in [0.15, 0.2) is 17.7 Å². The fourth-order valence-electron chi connectivity index (χ4n) is 4.12. The molecule has 1 spiro atoms. The van der Waals surface area contributed by atoms with Crippen molar-refractivity contribution in [2.24, 2.45) is 0 Å². The Hall–Kier alpha value is -1.66. The van der Waals surface area contributed by atoms with Gasteiger partial charge in [0.2, 0.25) is 5.95 Å². The Morgan fingerprint density at radius 3 is 2.69 bits per heavy atom. The van der Waals surface area contributed by atoms with Crippen LogP contribution in [-0.2, 0) is 9.47 Å². The minimum absolute atomic E-state index is 0.340. The summed E-state index contributed by atoms with van der Waals surface area (Å²) >= 11 is 0. The molecule has 142 valence electrons. The molecule has 26 heavy (non-hydrogen) atoms. The van der Waals surface area contributed by atoms with Crippen LogP contribution in [0.25, 0.3) is 0 Å². The van der Waals surface area contributed by atoms with Crippen LogP contribution in [-0.4, -0.2) is 48.6 Å². The molecule has 0 bridgehead atoms. The summed E-state index contributed by atoms with van der Waals surface area (Å²) in [5.74, 6) is 1.41. The van der Waals surface area contributed by atoms with E-state index in [2.05, 4.69) is 27.3 Å². The lowest BCUT2D eigenvalue weighted by atomic mass is 9.97. The summed E-state index contributed by atoms with van der Waals surface area (Å²) < 4.78 is 11.6. The van der Waals surface area contributed by atoms with Crippen molar-refractivity contribution in [3.05, 3.63) is 23.4 Å². The van der Waals surface area contributed by atoms with Gasteiger partial charge in [-0.05, 0) is 39.0 Å². The van der Waals surface area contributed by atoms with Crippen molar-refractivity contribution in [2.75, 3.05) is 43.1 Å². The Bertz CT molecular complexity index is 645. The molecule has 0 saturated carbocycles. The van der Waals surface area contributed by atoms with Crippen molar-refractivity contribution in [2.45, 2.75) is 57.7 Å². The number of piperidine rings is 1.